The summed E-state index contributed by atoms with van der Waals surface area (Å²) in [6, 6.07) is 19.7. The van der Waals surface area contributed by atoms with Crippen molar-refractivity contribution in [2.24, 2.45) is 0 Å². The number of fused-ring (bicyclic) bond motifs is 1. The Morgan fingerprint density at radius 1 is 0.947 bits per heavy atom. The van der Waals surface area contributed by atoms with Crippen LogP contribution in [-0.4, -0.2) is 16.0 Å². The Bertz CT molecular complexity index is 1680. The minimum absolute atomic E-state index is 0.0555. The number of anilines is 1. The standard InChI is InChI=1S/C27H15Cl4N3O2S2/c28-15-9-14(10-16(29)11-15)22-7-5-18(36-22)6-8-24(35)33-27(37)34-25-19(12-17(30)13-20(25)31)26-32-21-3-1-2-4-23(21)38-26/h1-13H,(H2,33,34,35,37)/b8-6+. The highest BCUT2D eigenvalue weighted by Gasteiger charge is 2.17. The van der Waals surface area contributed by atoms with Crippen molar-refractivity contribution in [3.8, 4) is 21.9 Å². The highest BCUT2D eigenvalue weighted by molar-refractivity contribution is 7.80. The van der Waals surface area contributed by atoms with Crippen molar-refractivity contribution in [3.05, 3.63) is 98.7 Å². The molecule has 2 heterocycles. The van der Waals surface area contributed by atoms with Crippen molar-refractivity contribution in [2.45, 2.75) is 0 Å². The number of hydrogen-bond acceptors (Lipinski definition) is 5. The zero-order chi connectivity index (χ0) is 26.8. The number of thiazole rings is 1. The van der Waals surface area contributed by atoms with Crippen LogP contribution in [0.25, 0.3) is 38.2 Å². The molecular formula is C27H15Cl4N3O2S2. The van der Waals surface area contributed by atoms with Gasteiger partial charge in [-0.15, -0.1) is 11.3 Å². The summed E-state index contributed by atoms with van der Waals surface area (Å²) in [5, 5.41) is 8.16. The minimum atomic E-state index is -0.460. The lowest BCUT2D eigenvalue weighted by Crippen LogP contribution is -2.33. The third-order valence-electron chi connectivity index (χ3n) is 5.23. The first-order valence-corrected chi connectivity index (χ1v) is 13.7. The van der Waals surface area contributed by atoms with E-state index in [2.05, 4.69) is 15.6 Å². The third kappa shape index (κ3) is 6.21. The van der Waals surface area contributed by atoms with Gasteiger partial charge in [0, 0.05) is 32.3 Å². The van der Waals surface area contributed by atoms with Gasteiger partial charge in [0.15, 0.2) is 5.11 Å². The third-order valence-corrected chi connectivity index (χ3v) is 7.45. The van der Waals surface area contributed by atoms with Crippen LogP contribution in [0.2, 0.25) is 20.1 Å². The van der Waals surface area contributed by atoms with Gasteiger partial charge >= 0.3 is 0 Å². The van der Waals surface area contributed by atoms with Crippen molar-refractivity contribution in [1.82, 2.24) is 10.3 Å². The van der Waals surface area contributed by atoms with E-state index in [9.17, 15) is 4.79 Å². The SMILES string of the molecule is O=C(/C=C/c1ccc(-c2cc(Cl)cc(Cl)c2)o1)NC(=S)Nc1c(Cl)cc(Cl)cc1-c1nc2ccccc2s1. The van der Waals surface area contributed by atoms with Gasteiger partial charge in [0.2, 0.25) is 5.91 Å². The first kappa shape index (κ1) is 26.7. The van der Waals surface area contributed by atoms with E-state index in [-0.39, 0.29) is 5.11 Å². The number of benzene rings is 3. The van der Waals surface area contributed by atoms with Crippen molar-refractivity contribution in [3.63, 3.8) is 0 Å². The van der Waals surface area contributed by atoms with Gasteiger partial charge < -0.3 is 9.73 Å². The van der Waals surface area contributed by atoms with Crippen LogP contribution in [0.3, 0.4) is 0 Å². The molecule has 11 heteroatoms. The van der Waals surface area contributed by atoms with E-state index in [4.69, 9.17) is 63.0 Å². The molecule has 190 valence electrons. The van der Waals surface area contributed by atoms with Crippen LogP contribution < -0.4 is 10.6 Å². The van der Waals surface area contributed by atoms with E-state index >= 15 is 0 Å². The molecule has 2 aromatic heterocycles. The molecule has 0 aliphatic rings. The summed E-state index contributed by atoms with van der Waals surface area (Å²) in [6.07, 6.45) is 2.83. The average Bonchev–Trinajstić information content (AvgIpc) is 3.51. The first-order valence-electron chi connectivity index (χ1n) is 11.0. The summed E-state index contributed by atoms with van der Waals surface area (Å²) < 4.78 is 6.80. The maximum Gasteiger partial charge on any atom is 0.250 e. The Morgan fingerprint density at radius 3 is 2.45 bits per heavy atom. The number of amides is 1. The fourth-order valence-electron chi connectivity index (χ4n) is 3.61. The van der Waals surface area contributed by atoms with Gasteiger partial charge in [0.05, 0.1) is 20.9 Å². The number of thiocarbonyl (C=S) groups is 1. The number of furan rings is 1. The zero-order valence-corrected chi connectivity index (χ0v) is 23.8. The smallest absolute Gasteiger partial charge is 0.250 e. The lowest BCUT2D eigenvalue weighted by atomic mass is 10.2. The Kier molecular flexibility index (Phi) is 8.04. The predicted molar refractivity (Wildman–Crippen MR) is 163 cm³/mol. The van der Waals surface area contributed by atoms with Gasteiger partial charge in [0.25, 0.3) is 0 Å². The van der Waals surface area contributed by atoms with Gasteiger partial charge in [-0.2, -0.15) is 0 Å². The number of nitrogens with zero attached hydrogens (tertiary/aromatic N) is 1. The molecule has 0 saturated carbocycles. The molecule has 0 radical (unpaired) electrons. The molecule has 2 N–H and O–H groups in total. The largest absolute Gasteiger partial charge is 0.457 e. The number of para-hydroxylation sites is 1. The second-order valence-corrected chi connectivity index (χ2v) is 11.1. The molecule has 5 aromatic rings. The van der Waals surface area contributed by atoms with Crippen LogP contribution >= 0.6 is 70.0 Å². The highest BCUT2D eigenvalue weighted by atomic mass is 35.5. The highest BCUT2D eigenvalue weighted by Crippen LogP contribution is 2.40. The summed E-state index contributed by atoms with van der Waals surface area (Å²) in [5.74, 6) is 0.563. The second kappa shape index (κ2) is 11.5. The molecule has 1 amide bonds. The van der Waals surface area contributed by atoms with E-state index in [1.165, 1.54) is 23.5 Å². The van der Waals surface area contributed by atoms with E-state index < -0.39 is 5.91 Å². The normalized spacial score (nSPS) is 11.3. The van der Waals surface area contributed by atoms with E-state index in [0.717, 1.165) is 15.8 Å². The Hall–Kier alpha value is -2.91. The fraction of sp³-hybridized carbons (Fsp3) is 0. The van der Waals surface area contributed by atoms with Crippen molar-refractivity contribution in [1.29, 1.82) is 0 Å². The van der Waals surface area contributed by atoms with Crippen LogP contribution in [0.1, 0.15) is 5.76 Å². The minimum Gasteiger partial charge on any atom is -0.457 e. The molecule has 0 aliphatic heterocycles. The number of carbonyl (C=O) groups excluding carboxylic acids is 1. The molecule has 3 aromatic carbocycles. The predicted octanol–water partition coefficient (Wildman–Crippen LogP) is 9.36. The van der Waals surface area contributed by atoms with E-state index in [0.29, 0.717) is 47.9 Å². The summed E-state index contributed by atoms with van der Waals surface area (Å²) >= 11 is 31.8. The summed E-state index contributed by atoms with van der Waals surface area (Å²) in [5.41, 5.74) is 2.73. The Labute approximate surface area is 247 Å². The van der Waals surface area contributed by atoms with Crippen molar-refractivity contribution in [2.75, 3.05) is 5.32 Å². The van der Waals surface area contributed by atoms with Gasteiger partial charge in [-0.05, 0) is 72.9 Å². The molecule has 5 rings (SSSR count). The molecule has 0 unspecified atom stereocenters. The molecule has 38 heavy (non-hydrogen) atoms. The van der Waals surface area contributed by atoms with Gasteiger partial charge in [0.1, 0.15) is 16.5 Å². The van der Waals surface area contributed by atoms with Crippen LogP contribution in [0.5, 0.6) is 0 Å². The fourth-order valence-corrected chi connectivity index (χ4v) is 5.86. The first-order chi connectivity index (χ1) is 18.2. The van der Waals surface area contributed by atoms with Crippen LogP contribution in [0.15, 0.2) is 77.2 Å². The number of rotatable bonds is 5. The molecule has 0 spiro atoms. The molecule has 0 bridgehead atoms. The molecule has 0 saturated heterocycles. The molecule has 0 aliphatic carbocycles. The maximum atomic E-state index is 12.5. The maximum absolute atomic E-state index is 12.5. The monoisotopic (exact) mass is 617 g/mol. The number of carbonyl (C=O) groups is 1. The van der Waals surface area contributed by atoms with Gasteiger partial charge in [-0.25, -0.2) is 4.98 Å². The van der Waals surface area contributed by atoms with Gasteiger partial charge in [-0.3, -0.25) is 10.1 Å². The lowest BCUT2D eigenvalue weighted by molar-refractivity contribution is -0.115. The topological polar surface area (TPSA) is 67.2 Å². The summed E-state index contributed by atoms with van der Waals surface area (Å²) in [6.45, 7) is 0. The molecule has 5 nitrogen and oxygen atoms in total. The van der Waals surface area contributed by atoms with Crippen LogP contribution in [0.4, 0.5) is 5.69 Å². The molecular weight excluding hydrogens is 604 g/mol. The average molecular weight is 619 g/mol. The summed E-state index contributed by atoms with van der Waals surface area (Å²) in [7, 11) is 0. The number of nitrogens with one attached hydrogen (secondary N) is 2. The van der Waals surface area contributed by atoms with E-state index in [1.807, 2.05) is 24.3 Å². The summed E-state index contributed by atoms with van der Waals surface area (Å²) in [4.78, 5) is 17.2. The molecule has 0 atom stereocenters. The Balaban J connectivity index is 1.29. The molecule has 0 fully saturated rings. The van der Waals surface area contributed by atoms with Crippen molar-refractivity contribution >= 4 is 103 Å². The lowest BCUT2D eigenvalue weighted by Gasteiger charge is -2.14. The van der Waals surface area contributed by atoms with Crippen LogP contribution in [-0.2, 0) is 4.79 Å². The van der Waals surface area contributed by atoms with Crippen LogP contribution in [0, 0.1) is 0 Å². The van der Waals surface area contributed by atoms with E-state index in [1.54, 1.807) is 42.5 Å². The zero-order valence-electron chi connectivity index (χ0n) is 19.1. The van der Waals surface area contributed by atoms with Crippen molar-refractivity contribution < 1.29 is 9.21 Å². The Morgan fingerprint density at radius 2 is 1.68 bits per heavy atom. The number of hydrogen-bond donors (Lipinski definition) is 2. The van der Waals surface area contributed by atoms with Gasteiger partial charge in [-0.1, -0.05) is 58.5 Å². The second-order valence-electron chi connectivity index (χ2n) is 7.93. The number of halogens is 4. The quantitative estimate of drug-likeness (QED) is 0.152. The number of aromatic nitrogens is 1.